The molecule has 1 aromatic carbocycles. The molecule has 1 aromatic rings. The molecular weight excluding hydrogens is 334 g/mol. The van der Waals surface area contributed by atoms with Crippen LogP contribution in [0.25, 0.3) is 0 Å². The van der Waals surface area contributed by atoms with Crippen molar-refractivity contribution in [3.05, 3.63) is 30.3 Å². The van der Waals surface area contributed by atoms with Crippen LogP contribution in [-0.4, -0.2) is 65.6 Å². The van der Waals surface area contributed by atoms with Gasteiger partial charge in [0.05, 0.1) is 11.8 Å². The topological polar surface area (TPSA) is 52.7 Å². The zero-order chi connectivity index (χ0) is 17.6. The van der Waals surface area contributed by atoms with Gasteiger partial charge in [-0.2, -0.15) is 0 Å². The maximum atomic E-state index is 13.0. The number of hydrogen-bond acceptors (Lipinski definition) is 4. The predicted octanol–water partition coefficient (Wildman–Crippen LogP) is 1.98. The standard InChI is InChI=1S/C19H27N3O2S/c1-2-17(25-16-8-4-3-5-9-16)19(24)21-11-6-7-15(14-21)22-12-10-20-13-18(22)23/h3-5,8-9,15,17,20H,2,6-7,10-14H2,1H3. The summed E-state index contributed by atoms with van der Waals surface area (Å²) in [4.78, 5) is 30.3. The Bertz CT molecular complexity index is 596. The van der Waals surface area contributed by atoms with E-state index >= 15 is 0 Å². The van der Waals surface area contributed by atoms with Crippen LogP contribution < -0.4 is 5.32 Å². The van der Waals surface area contributed by atoms with Crippen molar-refractivity contribution in [3.8, 4) is 0 Å². The molecule has 2 aliphatic rings. The molecule has 25 heavy (non-hydrogen) atoms. The van der Waals surface area contributed by atoms with Crippen LogP contribution in [0.15, 0.2) is 35.2 Å². The third-order valence-electron chi connectivity index (χ3n) is 4.94. The Labute approximate surface area is 154 Å². The molecule has 2 atom stereocenters. The summed E-state index contributed by atoms with van der Waals surface area (Å²) in [6, 6.07) is 10.3. The number of rotatable bonds is 5. The maximum Gasteiger partial charge on any atom is 0.236 e. The van der Waals surface area contributed by atoms with Gasteiger partial charge >= 0.3 is 0 Å². The maximum absolute atomic E-state index is 13.0. The van der Waals surface area contributed by atoms with Crippen molar-refractivity contribution in [1.82, 2.24) is 15.1 Å². The first-order valence-corrected chi connectivity index (χ1v) is 10.1. The summed E-state index contributed by atoms with van der Waals surface area (Å²) < 4.78 is 0. The van der Waals surface area contributed by atoms with Gasteiger partial charge in [0.15, 0.2) is 0 Å². The molecule has 6 heteroatoms. The van der Waals surface area contributed by atoms with Gasteiger partial charge in [-0.3, -0.25) is 9.59 Å². The Morgan fingerprint density at radius 2 is 2.12 bits per heavy atom. The third-order valence-corrected chi connectivity index (χ3v) is 6.31. The smallest absolute Gasteiger partial charge is 0.236 e. The van der Waals surface area contributed by atoms with Crippen molar-refractivity contribution >= 4 is 23.6 Å². The minimum absolute atomic E-state index is 0.0557. The van der Waals surface area contributed by atoms with E-state index in [9.17, 15) is 9.59 Å². The second-order valence-corrected chi connectivity index (χ2v) is 7.95. The van der Waals surface area contributed by atoms with Crippen LogP contribution in [0, 0.1) is 0 Å². The van der Waals surface area contributed by atoms with E-state index in [1.165, 1.54) is 0 Å². The van der Waals surface area contributed by atoms with Crippen LogP contribution in [0.2, 0.25) is 0 Å². The molecule has 2 heterocycles. The number of thioether (sulfide) groups is 1. The molecule has 0 aliphatic carbocycles. The van der Waals surface area contributed by atoms with Gasteiger partial charge in [-0.05, 0) is 31.4 Å². The zero-order valence-electron chi connectivity index (χ0n) is 14.8. The zero-order valence-corrected chi connectivity index (χ0v) is 15.6. The lowest BCUT2D eigenvalue weighted by molar-refractivity contribution is -0.140. The summed E-state index contributed by atoms with van der Waals surface area (Å²) in [5, 5.41) is 3.06. The fourth-order valence-corrected chi connectivity index (χ4v) is 4.65. The Balaban J connectivity index is 1.63. The fraction of sp³-hybridized carbons (Fsp3) is 0.579. The number of carbonyl (C=O) groups excluding carboxylic acids is 2. The number of amides is 2. The first kappa shape index (κ1) is 18.3. The second kappa shape index (κ2) is 8.72. The highest BCUT2D eigenvalue weighted by atomic mass is 32.2. The lowest BCUT2D eigenvalue weighted by atomic mass is 10.0. The molecular formula is C19H27N3O2S. The van der Waals surface area contributed by atoms with E-state index < -0.39 is 0 Å². The van der Waals surface area contributed by atoms with Gasteiger partial charge in [0, 0.05) is 37.1 Å². The highest BCUT2D eigenvalue weighted by Crippen LogP contribution is 2.28. The Hall–Kier alpha value is -1.53. The summed E-state index contributed by atoms with van der Waals surface area (Å²) >= 11 is 1.65. The van der Waals surface area contributed by atoms with E-state index in [0.717, 1.165) is 43.8 Å². The number of hydrogen-bond donors (Lipinski definition) is 1. The molecule has 1 N–H and O–H groups in total. The molecule has 2 fully saturated rings. The summed E-state index contributed by atoms with van der Waals surface area (Å²) in [5.74, 6) is 0.375. The summed E-state index contributed by atoms with van der Waals surface area (Å²) in [6.45, 7) is 5.57. The number of piperazine rings is 1. The minimum Gasteiger partial charge on any atom is -0.340 e. The van der Waals surface area contributed by atoms with Crippen LogP contribution in [0.3, 0.4) is 0 Å². The van der Waals surface area contributed by atoms with Crippen LogP contribution in [0.1, 0.15) is 26.2 Å². The highest BCUT2D eigenvalue weighted by Gasteiger charge is 2.33. The minimum atomic E-state index is -0.0557. The normalized spacial score (nSPS) is 22.8. The Kier molecular flexibility index (Phi) is 6.37. The number of nitrogens with zero attached hydrogens (tertiary/aromatic N) is 2. The fourth-order valence-electron chi connectivity index (χ4n) is 3.59. The first-order chi connectivity index (χ1) is 12.2. The molecule has 0 radical (unpaired) electrons. The molecule has 3 rings (SSSR count). The van der Waals surface area contributed by atoms with E-state index in [4.69, 9.17) is 0 Å². The highest BCUT2D eigenvalue weighted by molar-refractivity contribution is 8.00. The Morgan fingerprint density at radius 3 is 2.84 bits per heavy atom. The van der Waals surface area contributed by atoms with Crippen molar-refractivity contribution in [2.24, 2.45) is 0 Å². The average molecular weight is 362 g/mol. The van der Waals surface area contributed by atoms with Crippen LogP contribution >= 0.6 is 11.8 Å². The monoisotopic (exact) mass is 361 g/mol. The van der Waals surface area contributed by atoms with E-state index in [1.807, 2.05) is 28.0 Å². The molecule has 2 saturated heterocycles. The molecule has 0 saturated carbocycles. The second-order valence-electron chi connectivity index (χ2n) is 6.67. The molecule has 0 spiro atoms. The van der Waals surface area contributed by atoms with Gasteiger partial charge in [-0.25, -0.2) is 0 Å². The SMILES string of the molecule is CCC(Sc1ccccc1)C(=O)N1CCCC(N2CCNCC2=O)C1. The van der Waals surface area contributed by atoms with Gasteiger partial charge in [0.1, 0.15) is 0 Å². The lowest BCUT2D eigenvalue weighted by Gasteiger charge is -2.41. The molecule has 136 valence electrons. The molecule has 2 amide bonds. The van der Waals surface area contributed by atoms with E-state index in [2.05, 4.69) is 24.4 Å². The van der Waals surface area contributed by atoms with Gasteiger partial charge in [-0.15, -0.1) is 11.8 Å². The third kappa shape index (κ3) is 4.55. The number of benzene rings is 1. The molecule has 5 nitrogen and oxygen atoms in total. The van der Waals surface area contributed by atoms with Crippen molar-refractivity contribution < 1.29 is 9.59 Å². The summed E-state index contributed by atoms with van der Waals surface area (Å²) in [7, 11) is 0. The summed E-state index contributed by atoms with van der Waals surface area (Å²) in [5.41, 5.74) is 0. The first-order valence-electron chi connectivity index (χ1n) is 9.19. The van der Waals surface area contributed by atoms with Gasteiger partial charge in [0.2, 0.25) is 11.8 Å². The molecule has 2 aliphatic heterocycles. The number of likely N-dealkylation sites (tertiary alicyclic amines) is 1. The molecule has 0 aromatic heterocycles. The Morgan fingerprint density at radius 1 is 1.32 bits per heavy atom. The van der Waals surface area contributed by atoms with E-state index in [0.29, 0.717) is 13.1 Å². The lowest BCUT2D eigenvalue weighted by Crippen LogP contribution is -2.58. The molecule has 0 bridgehead atoms. The van der Waals surface area contributed by atoms with Crippen LogP contribution in [0.5, 0.6) is 0 Å². The number of nitrogens with one attached hydrogen (secondary N) is 1. The van der Waals surface area contributed by atoms with E-state index in [-0.39, 0.29) is 23.1 Å². The van der Waals surface area contributed by atoms with Crippen molar-refractivity contribution in [3.63, 3.8) is 0 Å². The molecule has 2 unspecified atom stereocenters. The average Bonchev–Trinajstić information content (AvgIpc) is 2.67. The van der Waals surface area contributed by atoms with Crippen molar-refractivity contribution in [2.75, 3.05) is 32.7 Å². The summed E-state index contributed by atoms with van der Waals surface area (Å²) in [6.07, 6.45) is 2.78. The van der Waals surface area contributed by atoms with E-state index in [1.54, 1.807) is 11.8 Å². The largest absolute Gasteiger partial charge is 0.340 e. The van der Waals surface area contributed by atoms with Crippen LogP contribution in [-0.2, 0) is 9.59 Å². The van der Waals surface area contributed by atoms with Crippen molar-refractivity contribution in [1.29, 1.82) is 0 Å². The number of carbonyl (C=O) groups is 2. The van der Waals surface area contributed by atoms with Crippen LogP contribution in [0.4, 0.5) is 0 Å². The van der Waals surface area contributed by atoms with Gasteiger partial charge in [-0.1, -0.05) is 25.1 Å². The van der Waals surface area contributed by atoms with Gasteiger partial charge in [0.25, 0.3) is 0 Å². The quantitative estimate of drug-likeness (QED) is 0.815. The predicted molar refractivity (Wildman–Crippen MR) is 101 cm³/mol. The van der Waals surface area contributed by atoms with Crippen molar-refractivity contribution in [2.45, 2.75) is 42.4 Å². The number of piperidine rings is 1. The van der Waals surface area contributed by atoms with Gasteiger partial charge < -0.3 is 15.1 Å².